The molecule has 3 heterocycles. The normalized spacial score (nSPS) is 52.9. The van der Waals surface area contributed by atoms with Crippen molar-refractivity contribution in [3.63, 3.8) is 0 Å². The van der Waals surface area contributed by atoms with Crippen molar-refractivity contribution in [3.8, 4) is 0 Å². The Morgan fingerprint density at radius 2 is 1.88 bits per heavy atom. The maximum absolute atomic E-state index is 14.1. The molecule has 6 rings (SSSR count). The minimum Gasteiger partial charge on any atom is -0.472 e. The highest BCUT2D eigenvalue weighted by molar-refractivity contribution is 5.90. The monoisotopic (exact) mass is 440 g/mol. The van der Waals surface area contributed by atoms with E-state index in [0.717, 1.165) is 12.0 Å². The molecule has 1 aromatic rings. The average Bonchev–Trinajstić information content (AvgIpc) is 3.10. The number of esters is 1. The lowest BCUT2D eigenvalue weighted by molar-refractivity contribution is -0.218. The molecule has 9 atom stereocenters. The molecule has 172 valence electrons. The highest BCUT2D eigenvalue weighted by Crippen LogP contribution is 2.81. The van der Waals surface area contributed by atoms with E-state index >= 15 is 0 Å². The Hall–Kier alpha value is -1.92. The number of furan rings is 1. The number of cyclic esters (lactones) is 1. The van der Waals surface area contributed by atoms with Gasteiger partial charge < -0.3 is 19.0 Å². The average molecular weight is 441 g/mol. The molecule has 5 aliphatic rings. The van der Waals surface area contributed by atoms with Crippen LogP contribution >= 0.6 is 0 Å². The van der Waals surface area contributed by atoms with Gasteiger partial charge in [0.2, 0.25) is 0 Å². The molecule has 1 saturated heterocycles. The first kappa shape index (κ1) is 20.7. The molecule has 3 saturated carbocycles. The predicted molar refractivity (Wildman–Crippen MR) is 115 cm³/mol. The lowest BCUT2D eigenvalue weighted by Gasteiger charge is -2.65. The SMILES string of the molecule is CC1(C)OC(=O)C=C[C@]2(C)[C@H]3[C@H](O)C[C@@]4(C)[C@H](c5ccoc5)C[C@H]5O[C@]54[C@]3(C)C(=O)C[C@@H]12. The third kappa shape index (κ3) is 2.06. The van der Waals surface area contributed by atoms with E-state index < -0.39 is 34.1 Å². The van der Waals surface area contributed by atoms with Crippen molar-refractivity contribution >= 4 is 11.8 Å². The van der Waals surface area contributed by atoms with Crippen LogP contribution in [0, 0.1) is 28.1 Å². The molecule has 0 amide bonds. The quantitative estimate of drug-likeness (QED) is 0.528. The van der Waals surface area contributed by atoms with Gasteiger partial charge in [-0.2, -0.15) is 0 Å². The van der Waals surface area contributed by atoms with Crippen molar-refractivity contribution in [1.82, 2.24) is 0 Å². The zero-order valence-corrected chi connectivity index (χ0v) is 19.4. The first-order valence-electron chi connectivity index (χ1n) is 11.8. The van der Waals surface area contributed by atoms with E-state index in [2.05, 4.69) is 13.8 Å². The van der Waals surface area contributed by atoms with Gasteiger partial charge in [0.15, 0.2) is 0 Å². The summed E-state index contributed by atoms with van der Waals surface area (Å²) in [5, 5.41) is 11.8. The first-order valence-corrected chi connectivity index (χ1v) is 11.8. The highest BCUT2D eigenvalue weighted by Gasteiger charge is 2.88. The van der Waals surface area contributed by atoms with Crippen LogP contribution in [0.3, 0.4) is 0 Å². The fourth-order valence-electron chi connectivity index (χ4n) is 9.21. The van der Waals surface area contributed by atoms with E-state index in [1.807, 2.05) is 32.9 Å². The Balaban J connectivity index is 1.53. The van der Waals surface area contributed by atoms with Gasteiger partial charge in [0, 0.05) is 29.7 Å². The second kappa shape index (κ2) is 5.76. The fraction of sp³-hybridized carbons (Fsp3) is 0.692. The molecule has 4 fully saturated rings. The minimum atomic E-state index is -0.859. The number of ketones is 1. The van der Waals surface area contributed by atoms with Crippen molar-refractivity contribution in [3.05, 3.63) is 36.3 Å². The summed E-state index contributed by atoms with van der Waals surface area (Å²) in [4.78, 5) is 26.5. The number of carbonyl (C=O) groups excluding carboxylic acids is 2. The zero-order chi connectivity index (χ0) is 22.9. The summed E-state index contributed by atoms with van der Waals surface area (Å²) < 4.78 is 17.6. The molecular formula is C26H32O6. The van der Waals surface area contributed by atoms with E-state index in [-0.39, 0.29) is 35.1 Å². The largest absolute Gasteiger partial charge is 0.472 e. The van der Waals surface area contributed by atoms with Crippen LogP contribution in [0.1, 0.15) is 65.4 Å². The number of ether oxygens (including phenoxy) is 2. The number of rotatable bonds is 1. The molecule has 0 bridgehead atoms. The van der Waals surface area contributed by atoms with E-state index in [9.17, 15) is 14.7 Å². The Kier molecular flexibility index (Phi) is 3.72. The summed E-state index contributed by atoms with van der Waals surface area (Å²) in [5.74, 6) is -0.703. The number of aliphatic hydroxyl groups excluding tert-OH is 1. The predicted octanol–water partition coefficient (Wildman–Crippen LogP) is 3.78. The number of hydrogen-bond acceptors (Lipinski definition) is 6. The summed E-state index contributed by atoms with van der Waals surface area (Å²) in [5.41, 5.74) is -2.16. The first-order chi connectivity index (χ1) is 14.9. The van der Waals surface area contributed by atoms with Crippen LogP contribution in [0.4, 0.5) is 0 Å². The number of fused-ring (bicyclic) bond motifs is 3. The summed E-state index contributed by atoms with van der Waals surface area (Å²) in [6, 6.07) is 1.99. The molecule has 6 nitrogen and oxygen atoms in total. The van der Waals surface area contributed by atoms with Crippen molar-refractivity contribution in [1.29, 1.82) is 0 Å². The highest BCUT2D eigenvalue weighted by atomic mass is 16.6. The summed E-state index contributed by atoms with van der Waals surface area (Å²) in [7, 11) is 0. The number of Topliss-reactive ketones (excluding diaryl/α,β-unsaturated/α-hetero) is 1. The van der Waals surface area contributed by atoms with Crippen LogP contribution in [0.25, 0.3) is 0 Å². The maximum Gasteiger partial charge on any atom is 0.330 e. The van der Waals surface area contributed by atoms with Gasteiger partial charge in [-0.25, -0.2) is 4.79 Å². The van der Waals surface area contributed by atoms with Gasteiger partial charge in [-0.15, -0.1) is 0 Å². The van der Waals surface area contributed by atoms with Crippen LogP contribution < -0.4 is 0 Å². The van der Waals surface area contributed by atoms with Crippen molar-refractivity contribution in [2.24, 2.45) is 28.1 Å². The van der Waals surface area contributed by atoms with Gasteiger partial charge in [-0.05, 0) is 56.6 Å². The Bertz CT molecular complexity index is 1040. The molecule has 1 aromatic heterocycles. The molecule has 1 spiro atoms. The standard InChI is InChI=1S/C26H32O6/c1-22(2)17-11-18(28)25(5)21(23(17,3)8-6-20(29)32-22)16(27)12-24(4)15(14-7-9-30-13-14)10-19-26(24,25)31-19/h6-9,13,15-17,19,21,27H,10-12H2,1-5H3/t15-,16+,17-,19+,21+,23-,24-,25+,26+/m0/s1. The zero-order valence-electron chi connectivity index (χ0n) is 19.4. The van der Waals surface area contributed by atoms with E-state index in [4.69, 9.17) is 13.9 Å². The van der Waals surface area contributed by atoms with Crippen molar-refractivity contribution in [2.75, 3.05) is 0 Å². The fourth-order valence-corrected chi connectivity index (χ4v) is 9.21. The molecule has 3 aliphatic carbocycles. The van der Waals surface area contributed by atoms with Gasteiger partial charge in [0.1, 0.15) is 17.0 Å². The second-order valence-corrected chi connectivity index (χ2v) is 12.0. The molecule has 2 aliphatic heterocycles. The van der Waals surface area contributed by atoms with E-state index in [0.29, 0.717) is 12.8 Å². The van der Waals surface area contributed by atoms with Crippen molar-refractivity contribution < 1.29 is 28.6 Å². The van der Waals surface area contributed by atoms with Gasteiger partial charge in [-0.1, -0.05) is 19.9 Å². The third-order valence-corrected chi connectivity index (χ3v) is 10.3. The van der Waals surface area contributed by atoms with Crippen LogP contribution in [-0.4, -0.2) is 40.3 Å². The molecule has 1 N–H and O–H groups in total. The second-order valence-electron chi connectivity index (χ2n) is 12.0. The number of epoxide rings is 1. The summed E-state index contributed by atoms with van der Waals surface area (Å²) in [6.45, 7) is 10.1. The number of allylic oxidation sites excluding steroid dienone is 1. The number of aliphatic hydroxyl groups is 1. The van der Waals surface area contributed by atoms with Crippen LogP contribution in [0.2, 0.25) is 0 Å². The van der Waals surface area contributed by atoms with Crippen molar-refractivity contribution in [2.45, 2.75) is 83.2 Å². The Morgan fingerprint density at radius 3 is 2.56 bits per heavy atom. The van der Waals surface area contributed by atoms with Gasteiger partial charge in [0.25, 0.3) is 0 Å². The Morgan fingerprint density at radius 1 is 1.12 bits per heavy atom. The molecule has 32 heavy (non-hydrogen) atoms. The minimum absolute atomic E-state index is 0.0165. The molecule has 0 aromatic carbocycles. The third-order valence-electron chi connectivity index (χ3n) is 10.3. The van der Waals surface area contributed by atoms with Crippen LogP contribution in [0.15, 0.2) is 35.2 Å². The lowest BCUT2D eigenvalue weighted by atomic mass is 9.38. The van der Waals surface area contributed by atoms with Gasteiger partial charge in [-0.3, -0.25) is 4.79 Å². The van der Waals surface area contributed by atoms with Gasteiger partial charge >= 0.3 is 5.97 Å². The topological polar surface area (TPSA) is 89.3 Å². The molecule has 6 heteroatoms. The van der Waals surface area contributed by atoms with E-state index in [1.165, 1.54) is 6.08 Å². The lowest BCUT2D eigenvalue weighted by Crippen LogP contribution is -2.71. The summed E-state index contributed by atoms with van der Waals surface area (Å²) in [6.07, 6.45) is 7.80. The molecule has 0 radical (unpaired) electrons. The summed E-state index contributed by atoms with van der Waals surface area (Å²) >= 11 is 0. The smallest absolute Gasteiger partial charge is 0.330 e. The van der Waals surface area contributed by atoms with Crippen LogP contribution in [-0.2, 0) is 19.1 Å². The molecular weight excluding hydrogens is 408 g/mol. The Labute approximate surface area is 188 Å². The van der Waals surface area contributed by atoms with E-state index in [1.54, 1.807) is 12.5 Å². The van der Waals surface area contributed by atoms with Gasteiger partial charge in [0.05, 0.1) is 30.1 Å². The maximum atomic E-state index is 14.1. The van der Waals surface area contributed by atoms with Crippen LogP contribution in [0.5, 0.6) is 0 Å². The number of carbonyl (C=O) groups is 2. The number of hydrogen-bond donors (Lipinski definition) is 1. The molecule has 0 unspecified atom stereocenters.